The van der Waals surface area contributed by atoms with Gasteiger partial charge in [0, 0.05) is 44.8 Å². The van der Waals surface area contributed by atoms with Crippen molar-refractivity contribution >= 4 is 5.91 Å². The zero-order valence-corrected chi connectivity index (χ0v) is 17.0. The van der Waals surface area contributed by atoms with Crippen LogP contribution in [0.5, 0.6) is 0 Å². The topological polar surface area (TPSA) is 90.0 Å². The fourth-order valence-corrected chi connectivity index (χ4v) is 4.35. The third-order valence-corrected chi connectivity index (χ3v) is 6.08. The van der Waals surface area contributed by atoms with Gasteiger partial charge in [0.05, 0.1) is 29.9 Å². The molecule has 3 aromatic rings. The van der Waals surface area contributed by atoms with Crippen LogP contribution < -0.4 is 5.56 Å². The first-order chi connectivity index (χ1) is 14.8. The van der Waals surface area contributed by atoms with E-state index in [1.165, 1.54) is 11.9 Å². The number of amides is 1. The average molecular weight is 428 g/mol. The summed E-state index contributed by atoms with van der Waals surface area (Å²) in [5.41, 5.74) is 2.15. The normalized spacial score (nSPS) is 18.0. The monoisotopic (exact) mass is 428 g/mol. The highest BCUT2D eigenvalue weighted by Crippen LogP contribution is 2.34. The molecule has 0 spiro atoms. The second-order valence-electron chi connectivity index (χ2n) is 8.20. The van der Waals surface area contributed by atoms with Crippen molar-refractivity contribution in [2.24, 2.45) is 7.05 Å². The van der Waals surface area contributed by atoms with Crippen LogP contribution in [0.3, 0.4) is 0 Å². The summed E-state index contributed by atoms with van der Waals surface area (Å²) in [4.78, 5) is 32.6. The van der Waals surface area contributed by atoms with Crippen molar-refractivity contribution in [3.05, 3.63) is 74.7 Å². The van der Waals surface area contributed by atoms with Crippen LogP contribution in [0, 0.1) is 0 Å². The third kappa shape index (κ3) is 3.46. The number of carbonyl (C=O) groups excluding carboxylic acids is 1. The van der Waals surface area contributed by atoms with Gasteiger partial charge >= 0.3 is 5.92 Å². The number of rotatable bonds is 3. The van der Waals surface area contributed by atoms with Crippen LogP contribution in [-0.4, -0.2) is 48.5 Å². The van der Waals surface area contributed by atoms with Crippen LogP contribution >= 0.6 is 0 Å². The average Bonchev–Trinajstić information content (AvgIpc) is 3.32. The van der Waals surface area contributed by atoms with Crippen molar-refractivity contribution < 1.29 is 13.6 Å². The molecule has 5 rings (SSSR count). The molecule has 2 aliphatic rings. The van der Waals surface area contributed by atoms with Gasteiger partial charge < -0.3 is 9.47 Å². The first-order valence-electron chi connectivity index (χ1n) is 10.1. The van der Waals surface area contributed by atoms with Gasteiger partial charge in [0.1, 0.15) is 5.69 Å². The van der Waals surface area contributed by atoms with Crippen LogP contribution in [-0.2, 0) is 39.0 Å². The molecular weight excluding hydrogens is 406 g/mol. The van der Waals surface area contributed by atoms with Crippen LogP contribution in [0.15, 0.2) is 35.4 Å². The summed E-state index contributed by atoms with van der Waals surface area (Å²) in [6.45, 7) is 1.35. The molecule has 0 saturated heterocycles. The highest BCUT2D eigenvalue weighted by atomic mass is 19.3. The van der Waals surface area contributed by atoms with Crippen LogP contribution in [0.2, 0.25) is 0 Å². The Morgan fingerprint density at radius 2 is 2.13 bits per heavy atom. The molecule has 0 atom stereocenters. The zero-order valence-electron chi connectivity index (χ0n) is 17.0. The molecule has 2 N–H and O–H groups in total. The maximum atomic E-state index is 14.4. The van der Waals surface area contributed by atoms with Crippen molar-refractivity contribution in [3.8, 4) is 0 Å². The maximum Gasteiger partial charge on any atom is 0.306 e. The minimum absolute atomic E-state index is 0.105. The minimum atomic E-state index is -3.32. The minimum Gasteiger partial charge on any atom is -0.353 e. The molecule has 162 valence electrons. The molecule has 1 amide bonds. The Kier molecular flexibility index (Phi) is 4.54. The van der Waals surface area contributed by atoms with E-state index in [4.69, 9.17) is 0 Å². The van der Waals surface area contributed by atoms with Gasteiger partial charge in [-0.3, -0.25) is 29.7 Å². The van der Waals surface area contributed by atoms with E-state index in [0.29, 0.717) is 6.54 Å². The number of aryl methyl sites for hydroxylation is 1. The molecule has 0 aliphatic carbocycles. The Morgan fingerprint density at radius 1 is 1.29 bits per heavy atom. The number of pyridine rings is 1. The third-order valence-electron chi connectivity index (χ3n) is 6.08. The Morgan fingerprint density at radius 3 is 2.90 bits per heavy atom. The summed E-state index contributed by atoms with van der Waals surface area (Å²) >= 11 is 0. The van der Waals surface area contributed by atoms with Crippen molar-refractivity contribution in [3.63, 3.8) is 0 Å². The molecule has 0 bridgehead atoms. The number of hydrogen-bond donors (Lipinski definition) is 2. The number of H-pyrrole nitrogens is 2. The smallest absolute Gasteiger partial charge is 0.306 e. The lowest BCUT2D eigenvalue weighted by molar-refractivity contribution is -0.0487. The Bertz CT molecular complexity index is 1210. The second kappa shape index (κ2) is 7.16. The van der Waals surface area contributed by atoms with E-state index in [1.54, 1.807) is 6.07 Å². The molecule has 0 radical (unpaired) electrons. The summed E-state index contributed by atoms with van der Waals surface area (Å²) in [7, 11) is 2.01. The van der Waals surface area contributed by atoms with Crippen LogP contribution in [0.4, 0.5) is 8.78 Å². The molecule has 3 aromatic heterocycles. The number of carbonyl (C=O) groups is 1. The van der Waals surface area contributed by atoms with E-state index in [-0.39, 0.29) is 17.7 Å². The number of nitrogens with zero attached hydrogens (tertiary/aromatic N) is 4. The standard InChI is InChI=1S/C21H22F2N6O2/c1-27-5-2-3-15(27)9-28-6-4-13-7-14(8-24-17(13)11-28)20(31)29-10-16-18(21(22,23)12-29)25-26-19(16)30/h2-3,5,7-8H,4,6,9-12H2,1H3,(H2,25,26,30). The molecule has 0 fully saturated rings. The zero-order chi connectivity index (χ0) is 21.8. The first kappa shape index (κ1) is 19.7. The molecule has 0 saturated carbocycles. The molecule has 0 unspecified atom stereocenters. The Labute approximate surface area is 176 Å². The summed E-state index contributed by atoms with van der Waals surface area (Å²) < 4.78 is 30.9. The van der Waals surface area contributed by atoms with E-state index in [1.807, 2.05) is 19.3 Å². The summed E-state index contributed by atoms with van der Waals surface area (Å²) in [6, 6.07) is 5.84. The fourth-order valence-electron chi connectivity index (χ4n) is 4.35. The summed E-state index contributed by atoms with van der Waals surface area (Å²) in [5.74, 6) is -3.87. The molecule has 8 nitrogen and oxygen atoms in total. The van der Waals surface area contributed by atoms with Crippen molar-refractivity contribution in [2.45, 2.75) is 32.0 Å². The molecule has 0 aromatic carbocycles. The fraction of sp³-hybridized carbons (Fsp3) is 0.381. The number of alkyl halides is 2. The van der Waals surface area contributed by atoms with Gasteiger partial charge in [0.2, 0.25) is 0 Å². The van der Waals surface area contributed by atoms with Gasteiger partial charge in [-0.2, -0.15) is 8.78 Å². The number of halogens is 2. The number of aromatic nitrogens is 4. The van der Waals surface area contributed by atoms with Crippen molar-refractivity contribution in [1.29, 1.82) is 0 Å². The quantitative estimate of drug-likeness (QED) is 0.665. The molecule has 31 heavy (non-hydrogen) atoms. The van der Waals surface area contributed by atoms with Gasteiger partial charge in [0.15, 0.2) is 0 Å². The van der Waals surface area contributed by atoms with Gasteiger partial charge in [-0.15, -0.1) is 0 Å². The maximum absolute atomic E-state index is 14.4. The van der Waals surface area contributed by atoms with E-state index < -0.39 is 29.6 Å². The van der Waals surface area contributed by atoms with Crippen molar-refractivity contribution in [1.82, 2.24) is 29.5 Å². The van der Waals surface area contributed by atoms with E-state index in [9.17, 15) is 18.4 Å². The highest BCUT2D eigenvalue weighted by molar-refractivity contribution is 5.94. The number of hydrogen-bond acceptors (Lipinski definition) is 4. The Balaban J connectivity index is 1.34. The lowest BCUT2D eigenvalue weighted by atomic mass is 10.0. The van der Waals surface area contributed by atoms with Crippen molar-refractivity contribution in [2.75, 3.05) is 13.1 Å². The van der Waals surface area contributed by atoms with Gasteiger partial charge in [-0.1, -0.05) is 0 Å². The van der Waals surface area contributed by atoms with Crippen LogP contribution in [0.1, 0.15) is 38.6 Å². The molecule has 2 aliphatic heterocycles. The SMILES string of the molecule is Cn1cccc1CN1CCc2cc(C(=O)N3Cc4c([nH][nH]c4=O)C(F)(F)C3)cnc2C1. The van der Waals surface area contributed by atoms with Gasteiger partial charge in [-0.05, 0) is 30.2 Å². The highest BCUT2D eigenvalue weighted by Gasteiger charge is 2.44. The number of nitrogens with one attached hydrogen (secondary N) is 2. The van der Waals surface area contributed by atoms with E-state index >= 15 is 0 Å². The summed E-state index contributed by atoms with van der Waals surface area (Å²) in [6.07, 6.45) is 4.19. The molecular formula is C21H22F2N6O2. The van der Waals surface area contributed by atoms with E-state index in [2.05, 4.69) is 30.7 Å². The number of fused-ring (bicyclic) bond motifs is 2. The predicted octanol–water partition coefficient (Wildman–Crippen LogP) is 1.74. The van der Waals surface area contributed by atoms with E-state index in [0.717, 1.165) is 35.7 Å². The lowest BCUT2D eigenvalue weighted by Gasteiger charge is -2.32. The molecule has 10 heteroatoms. The summed E-state index contributed by atoms with van der Waals surface area (Å²) in [5, 5.41) is 4.42. The molecule has 5 heterocycles. The van der Waals surface area contributed by atoms with Crippen LogP contribution in [0.25, 0.3) is 0 Å². The predicted molar refractivity (Wildman–Crippen MR) is 108 cm³/mol. The second-order valence-corrected chi connectivity index (χ2v) is 8.20. The Hall–Kier alpha value is -3.27. The number of aromatic amines is 2. The first-order valence-corrected chi connectivity index (χ1v) is 10.1. The largest absolute Gasteiger partial charge is 0.353 e. The van der Waals surface area contributed by atoms with Gasteiger partial charge in [-0.25, -0.2) is 0 Å². The lowest BCUT2D eigenvalue weighted by Crippen LogP contribution is -2.45. The van der Waals surface area contributed by atoms with Gasteiger partial charge in [0.25, 0.3) is 11.5 Å².